The minimum atomic E-state index is -0.0579. The Hall–Kier alpha value is -2.90. The highest BCUT2D eigenvalue weighted by atomic mass is 16.5. The number of rotatable bonds is 8. The third-order valence-electron chi connectivity index (χ3n) is 6.58. The topological polar surface area (TPSA) is 91.6 Å². The summed E-state index contributed by atoms with van der Waals surface area (Å²) in [6, 6.07) is 10.1. The van der Waals surface area contributed by atoms with Gasteiger partial charge in [0.2, 0.25) is 11.8 Å². The van der Waals surface area contributed by atoms with Crippen LogP contribution < -0.4 is 5.32 Å². The lowest BCUT2D eigenvalue weighted by molar-refractivity contribution is -0.132. The first kappa shape index (κ1) is 22.3. The molecule has 172 valence electrons. The molecule has 1 atom stereocenters. The Labute approximate surface area is 189 Å². The summed E-state index contributed by atoms with van der Waals surface area (Å²) in [6.45, 7) is 3.99. The summed E-state index contributed by atoms with van der Waals surface area (Å²) in [5, 5.41) is 7.12. The van der Waals surface area contributed by atoms with E-state index in [0.717, 1.165) is 44.5 Å². The Kier molecular flexibility index (Phi) is 7.39. The lowest BCUT2D eigenvalue weighted by atomic mass is 9.85. The Balaban J connectivity index is 1.27. The van der Waals surface area contributed by atoms with Crippen molar-refractivity contribution in [1.29, 1.82) is 0 Å². The van der Waals surface area contributed by atoms with Crippen molar-refractivity contribution < 1.29 is 14.1 Å². The maximum Gasteiger partial charge on any atom is 0.317 e. The third kappa shape index (κ3) is 5.66. The second-order valence-corrected chi connectivity index (χ2v) is 8.85. The molecule has 1 saturated carbocycles. The van der Waals surface area contributed by atoms with E-state index in [-0.39, 0.29) is 18.0 Å². The summed E-state index contributed by atoms with van der Waals surface area (Å²) in [5.41, 5.74) is 1.20. The molecule has 2 fully saturated rings. The van der Waals surface area contributed by atoms with Gasteiger partial charge < -0.3 is 19.6 Å². The first-order valence-corrected chi connectivity index (χ1v) is 11.8. The first-order valence-electron chi connectivity index (χ1n) is 11.8. The van der Waals surface area contributed by atoms with Crippen LogP contribution >= 0.6 is 0 Å². The number of urea groups is 1. The predicted molar refractivity (Wildman–Crippen MR) is 120 cm³/mol. The SMILES string of the molecule is CC(=O)N(CCc1noc(C2CCC2)n1)C1CCCN(C(=O)NCCc2ccccc2)C1. The van der Waals surface area contributed by atoms with Crippen molar-refractivity contribution in [3.63, 3.8) is 0 Å². The molecule has 1 unspecified atom stereocenters. The largest absolute Gasteiger partial charge is 0.339 e. The number of nitrogens with one attached hydrogen (secondary N) is 1. The molecule has 8 heteroatoms. The van der Waals surface area contributed by atoms with Crippen LogP contribution in [0.2, 0.25) is 0 Å². The van der Waals surface area contributed by atoms with Crippen molar-refractivity contribution in [2.24, 2.45) is 0 Å². The van der Waals surface area contributed by atoms with Crippen molar-refractivity contribution in [2.75, 3.05) is 26.2 Å². The third-order valence-corrected chi connectivity index (χ3v) is 6.58. The molecule has 1 aromatic carbocycles. The molecule has 0 radical (unpaired) electrons. The summed E-state index contributed by atoms with van der Waals surface area (Å²) in [6.07, 6.45) is 6.60. The molecule has 1 aliphatic heterocycles. The molecule has 1 aromatic heterocycles. The molecule has 2 aromatic rings. The van der Waals surface area contributed by atoms with E-state index in [1.54, 1.807) is 6.92 Å². The van der Waals surface area contributed by atoms with E-state index in [1.807, 2.05) is 28.0 Å². The molecule has 8 nitrogen and oxygen atoms in total. The van der Waals surface area contributed by atoms with Crippen LogP contribution in [0.5, 0.6) is 0 Å². The highest BCUT2D eigenvalue weighted by molar-refractivity contribution is 5.75. The molecule has 1 N–H and O–H groups in total. The minimum Gasteiger partial charge on any atom is -0.339 e. The fourth-order valence-corrected chi connectivity index (χ4v) is 4.47. The van der Waals surface area contributed by atoms with E-state index in [2.05, 4.69) is 27.6 Å². The van der Waals surface area contributed by atoms with Gasteiger partial charge in [-0.25, -0.2) is 4.79 Å². The second-order valence-electron chi connectivity index (χ2n) is 8.85. The van der Waals surface area contributed by atoms with E-state index in [0.29, 0.717) is 37.8 Å². The van der Waals surface area contributed by atoms with Gasteiger partial charge in [-0.15, -0.1) is 0 Å². The minimum absolute atomic E-state index is 0.0131. The van der Waals surface area contributed by atoms with Crippen LogP contribution in [0.1, 0.15) is 62.2 Å². The Morgan fingerprint density at radius 1 is 1.16 bits per heavy atom. The molecule has 32 heavy (non-hydrogen) atoms. The average Bonchev–Trinajstić information content (AvgIpc) is 3.21. The van der Waals surface area contributed by atoms with Crippen LogP contribution in [-0.2, 0) is 17.6 Å². The van der Waals surface area contributed by atoms with E-state index in [9.17, 15) is 9.59 Å². The van der Waals surface area contributed by atoms with Crippen molar-refractivity contribution in [3.8, 4) is 0 Å². The van der Waals surface area contributed by atoms with Crippen LogP contribution in [0.15, 0.2) is 34.9 Å². The number of nitrogens with zero attached hydrogens (tertiary/aromatic N) is 4. The molecule has 3 amide bonds. The number of benzene rings is 1. The van der Waals surface area contributed by atoms with Crippen LogP contribution in [-0.4, -0.2) is 64.1 Å². The molecule has 1 saturated heterocycles. The summed E-state index contributed by atoms with van der Waals surface area (Å²) < 4.78 is 5.40. The van der Waals surface area contributed by atoms with E-state index in [1.165, 1.54) is 12.0 Å². The molecule has 2 aliphatic rings. The average molecular weight is 440 g/mol. The fraction of sp³-hybridized carbons (Fsp3) is 0.583. The Bertz CT molecular complexity index is 896. The van der Waals surface area contributed by atoms with Crippen LogP contribution in [0.25, 0.3) is 0 Å². The van der Waals surface area contributed by atoms with Crippen molar-refractivity contribution >= 4 is 11.9 Å². The zero-order chi connectivity index (χ0) is 22.3. The van der Waals surface area contributed by atoms with Gasteiger partial charge in [0, 0.05) is 51.5 Å². The van der Waals surface area contributed by atoms with E-state index < -0.39 is 0 Å². The van der Waals surface area contributed by atoms with Gasteiger partial charge in [-0.1, -0.05) is 41.9 Å². The van der Waals surface area contributed by atoms with Crippen LogP contribution in [0, 0.1) is 0 Å². The summed E-state index contributed by atoms with van der Waals surface area (Å²) in [5.74, 6) is 1.82. The number of carbonyl (C=O) groups excluding carboxylic acids is 2. The van der Waals surface area contributed by atoms with Crippen molar-refractivity contribution in [3.05, 3.63) is 47.6 Å². The van der Waals surface area contributed by atoms with E-state index >= 15 is 0 Å². The number of aromatic nitrogens is 2. The molecule has 1 aliphatic carbocycles. The number of piperidine rings is 1. The Morgan fingerprint density at radius 2 is 1.97 bits per heavy atom. The predicted octanol–water partition coefficient (Wildman–Crippen LogP) is 3.14. The molecule has 0 bridgehead atoms. The van der Waals surface area contributed by atoms with Crippen molar-refractivity contribution in [2.45, 2.75) is 63.8 Å². The molecule has 2 heterocycles. The van der Waals surface area contributed by atoms with Gasteiger partial charge in [-0.05, 0) is 37.7 Å². The van der Waals surface area contributed by atoms with E-state index in [4.69, 9.17) is 4.52 Å². The van der Waals surface area contributed by atoms with Crippen LogP contribution in [0.4, 0.5) is 4.79 Å². The maximum absolute atomic E-state index is 12.7. The molecular weight excluding hydrogens is 406 g/mol. The monoisotopic (exact) mass is 439 g/mol. The van der Waals surface area contributed by atoms with Gasteiger partial charge in [-0.3, -0.25) is 4.79 Å². The maximum atomic E-state index is 12.7. The van der Waals surface area contributed by atoms with Gasteiger partial charge in [0.25, 0.3) is 0 Å². The number of carbonyl (C=O) groups is 2. The summed E-state index contributed by atoms with van der Waals surface area (Å²) in [7, 11) is 0. The van der Waals surface area contributed by atoms with Gasteiger partial charge in [0.05, 0.1) is 0 Å². The van der Waals surface area contributed by atoms with Crippen LogP contribution in [0.3, 0.4) is 0 Å². The lowest BCUT2D eigenvalue weighted by Gasteiger charge is -2.39. The highest BCUT2D eigenvalue weighted by Gasteiger charge is 2.30. The standard InChI is InChI=1S/C24H33N5O3/c1-18(30)29(16-13-22-26-23(32-27-22)20-9-5-10-20)21-11-6-15-28(17-21)24(31)25-14-12-19-7-3-2-4-8-19/h2-4,7-8,20-21H,5-6,9-17H2,1H3,(H,25,31). The molecular formula is C24H33N5O3. The van der Waals surface area contributed by atoms with Gasteiger partial charge in [0.1, 0.15) is 0 Å². The first-order chi connectivity index (χ1) is 15.6. The second kappa shape index (κ2) is 10.6. The zero-order valence-electron chi connectivity index (χ0n) is 18.8. The van der Waals surface area contributed by atoms with Gasteiger partial charge in [0.15, 0.2) is 5.82 Å². The van der Waals surface area contributed by atoms with Gasteiger partial charge in [-0.2, -0.15) is 4.98 Å². The molecule has 4 rings (SSSR count). The quantitative estimate of drug-likeness (QED) is 0.682. The lowest BCUT2D eigenvalue weighted by Crippen LogP contribution is -2.54. The summed E-state index contributed by atoms with van der Waals surface area (Å²) >= 11 is 0. The number of amides is 3. The number of hydrogen-bond acceptors (Lipinski definition) is 5. The normalized spacial score (nSPS) is 18.8. The Morgan fingerprint density at radius 3 is 2.69 bits per heavy atom. The highest BCUT2D eigenvalue weighted by Crippen LogP contribution is 2.35. The zero-order valence-corrected chi connectivity index (χ0v) is 18.8. The number of hydrogen-bond donors (Lipinski definition) is 1. The summed E-state index contributed by atoms with van der Waals surface area (Å²) in [4.78, 5) is 33.3. The fourth-order valence-electron chi connectivity index (χ4n) is 4.47. The smallest absolute Gasteiger partial charge is 0.317 e. The number of likely N-dealkylation sites (tertiary alicyclic amines) is 1. The van der Waals surface area contributed by atoms with Gasteiger partial charge >= 0.3 is 6.03 Å². The molecule has 0 spiro atoms. The van der Waals surface area contributed by atoms with Crippen molar-refractivity contribution in [1.82, 2.24) is 25.3 Å².